The summed E-state index contributed by atoms with van der Waals surface area (Å²) in [6.07, 6.45) is 2.93. The Morgan fingerprint density at radius 2 is 2.04 bits per heavy atom. The Labute approximate surface area is 144 Å². The molecule has 2 heterocycles. The van der Waals surface area contributed by atoms with E-state index in [1.807, 2.05) is 30.5 Å². The van der Waals surface area contributed by atoms with Gasteiger partial charge in [-0.3, -0.25) is 9.69 Å². The van der Waals surface area contributed by atoms with Crippen LogP contribution in [0.5, 0.6) is 0 Å². The number of nitrogens with zero attached hydrogens (tertiary/aromatic N) is 3. The monoisotopic (exact) mass is 343 g/mol. The van der Waals surface area contributed by atoms with Gasteiger partial charge in [-0.05, 0) is 42.3 Å². The molecule has 0 N–H and O–H groups in total. The lowest BCUT2D eigenvalue weighted by molar-refractivity contribution is -0.121. The zero-order chi connectivity index (χ0) is 16.4. The van der Waals surface area contributed by atoms with Gasteiger partial charge in [0.05, 0.1) is 10.6 Å². The van der Waals surface area contributed by atoms with E-state index in [0.29, 0.717) is 15.2 Å². The first-order valence-electron chi connectivity index (χ1n) is 7.34. The van der Waals surface area contributed by atoms with Crippen LogP contribution in [-0.2, 0) is 11.2 Å². The summed E-state index contributed by atoms with van der Waals surface area (Å²) in [5.41, 5.74) is 3.26. The van der Waals surface area contributed by atoms with Gasteiger partial charge in [0, 0.05) is 12.4 Å². The highest BCUT2D eigenvalue weighted by Gasteiger charge is 2.30. The molecule has 3 rings (SSSR count). The third-order valence-electron chi connectivity index (χ3n) is 3.49. The minimum absolute atomic E-state index is 0.0263. The number of carbonyl (C=O) groups excluding carboxylic acids is 1. The number of benzene rings is 1. The zero-order valence-electron chi connectivity index (χ0n) is 13.2. The lowest BCUT2D eigenvalue weighted by Gasteiger charge is -2.05. The third kappa shape index (κ3) is 3.54. The summed E-state index contributed by atoms with van der Waals surface area (Å²) in [7, 11) is 1.75. The molecule has 1 aliphatic heterocycles. The number of likely N-dealkylation sites (N-methyl/N-ethyl adjacent to an activating group) is 1. The first-order valence-corrected chi connectivity index (χ1v) is 9.04. The Kier molecular flexibility index (Phi) is 4.63. The van der Waals surface area contributed by atoms with Crippen molar-refractivity contribution in [2.45, 2.75) is 20.3 Å². The molecule has 1 aromatic carbocycles. The van der Waals surface area contributed by atoms with E-state index < -0.39 is 0 Å². The number of amidine groups is 1. The predicted octanol–water partition coefficient (Wildman–Crippen LogP) is 4.25. The van der Waals surface area contributed by atoms with Crippen LogP contribution in [0.1, 0.15) is 23.7 Å². The van der Waals surface area contributed by atoms with Gasteiger partial charge >= 0.3 is 0 Å². The molecule has 0 bridgehead atoms. The van der Waals surface area contributed by atoms with Crippen molar-refractivity contribution in [2.24, 2.45) is 4.99 Å². The van der Waals surface area contributed by atoms with Crippen molar-refractivity contribution in [2.75, 3.05) is 7.05 Å². The van der Waals surface area contributed by atoms with E-state index >= 15 is 0 Å². The van der Waals surface area contributed by atoms with Crippen LogP contribution in [0.2, 0.25) is 0 Å². The number of carbonyl (C=O) groups is 1. The second-order valence-electron chi connectivity index (χ2n) is 5.24. The van der Waals surface area contributed by atoms with E-state index in [0.717, 1.165) is 17.7 Å². The number of thioether (sulfide) groups is 1. The summed E-state index contributed by atoms with van der Waals surface area (Å²) < 4.78 is 0. The van der Waals surface area contributed by atoms with E-state index in [-0.39, 0.29) is 5.91 Å². The SMILES string of the molecule is CCc1ccc(/C=C2\S/C(=N/c3nc(C)cs3)N(C)C2=O)cc1. The summed E-state index contributed by atoms with van der Waals surface area (Å²) in [5.74, 6) is -0.0263. The van der Waals surface area contributed by atoms with Gasteiger partial charge in [0.15, 0.2) is 5.17 Å². The molecule has 23 heavy (non-hydrogen) atoms. The molecule has 1 saturated heterocycles. The molecule has 4 nitrogen and oxygen atoms in total. The number of aryl methyl sites for hydroxylation is 2. The van der Waals surface area contributed by atoms with Crippen LogP contribution in [0.25, 0.3) is 6.08 Å². The Balaban J connectivity index is 1.85. The van der Waals surface area contributed by atoms with Crippen molar-refractivity contribution in [1.29, 1.82) is 0 Å². The molecule has 0 saturated carbocycles. The van der Waals surface area contributed by atoms with Crippen molar-refractivity contribution in [1.82, 2.24) is 9.88 Å². The fourth-order valence-electron chi connectivity index (χ4n) is 2.13. The van der Waals surface area contributed by atoms with Crippen LogP contribution in [0.15, 0.2) is 39.5 Å². The Hall–Kier alpha value is -1.92. The molecule has 6 heteroatoms. The minimum Gasteiger partial charge on any atom is -0.289 e. The zero-order valence-corrected chi connectivity index (χ0v) is 14.9. The van der Waals surface area contributed by atoms with Gasteiger partial charge in [-0.15, -0.1) is 11.3 Å². The number of rotatable bonds is 3. The second-order valence-corrected chi connectivity index (χ2v) is 7.08. The van der Waals surface area contributed by atoms with Crippen LogP contribution in [0.4, 0.5) is 5.13 Å². The standard InChI is InChI=1S/C17H17N3OS2/c1-4-12-5-7-13(8-6-12)9-14-15(21)20(3)17(23-14)19-16-18-11(2)10-22-16/h5-10H,4H2,1-3H3/b14-9-,19-17+. The number of hydrogen-bond acceptors (Lipinski definition) is 5. The first-order chi connectivity index (χ1) is 11.1. The fourth-order valence-corrected chi connectivity index (χ4v) is 3.82. The van der Waals surface area contributed by atoms with Gasteiger partial charge in [-0.2, -0.15) is 4.99 Å². The summed E-state index contributed by atoms with van der Waals surface area (Å²) in [6.45, 7) is 4.06. The molecule has 0 unspecified atom stereocenters. The molecular formula is C17H17N3OS2. The highest BCUT2D eigenvalue weighted by Crippen LogP contribution is 2.33. The number of aromatic nitrogens is 1. The number of aliphatic imine (C=N–C) groups is 1. The molecule has 1 amide bonds. The number of thiazole rings is 1. The molecule has 0 spiro atoms. The average Bonchev–Trinajstić information content (AvgIpc) is 3.07. The maximum Gasteiger partial charge on any atom is 0.266 e. The second kappa shape index (κ2) is 6.68. The van der Waals surface area contributed by atoms with Crippen LogP contribution < -0.4 is 0 Å². The normalized spacial score (nSPS) is 18.4. The summed E-state index contributed by atoms with van der Waals surface area (Å²) >= 11 is 2.87. The van der Waals surface area contributed by atoms with Gasteiger partial charge in [0.2, 0.25) is 5.13 Å². The van der Waals surface area contributed by atoms with Crippen molar-refractivity contribution in [3.05, 3.63) is 51.4 Å². The molecule has 2 aromatic rings. The van der Waals surface area contributed by atoms with Crippen molar-refractivity contribution in [3.63, 3.8) is 0 Å². The third-order valence-corrected chi connectivity index (χ3v) is 5.40. The van der Waals surface area contributed by atoms with Gasteiger partial charge in [0.25, 0.3) is 5.91 Å². The van der Waals surface area contributed by atoms with Crippen molar-refractivity contribution < 1.29 is 4.79 Å². The molecule has 0 atom stereocenters. The van der Waals surface area contributed by atoms with Crippen LogP contribution in [0.3, 0.4) is 0 Å². The molecule has 118 valence electrons. The highest BCUT2D eigenvalue weighted by molar-refractivity contribution is 8.18. The largest absolute Gasteiger partial charge is 0.289 e. The van der Waals surface area contributed by atoms with E-state index in [1.54, 1.807) is 11.9 Å². The van der Waals surface area contributed by atoms with Crippen molar-refractivity contribution >= 4 is 45.4 Å². The van der Waals surface area contributed by atoms with Crippen LogP contribution >= 0.6 is 23.1 Å². The summed E-state index contributed by atoms with van der Waals surface area (Å²) in [4.78, 5) is 23.4. The number of amides is 1. The van der Waals surface area contributed by atoms with Crippen molar-refractivity contribution in [3.8, 4) is 0 Å². The molecule has 1 aromatic heterocycles. The molecule has 1 fully saturated rings. The maximum atomic E-state index is 12.4. The summed E-state index contributed by atoms with van der Waals surface area (Å²) in [5, 5.41) is 3.30. The first kappa shape index (κ1) is 16.0. The molecule has 0 aliphatic carbocycles. The molecule has 1 aliphatic rings. The van der Waals surface area contributed by atoms with Gasteiger partial charge in [0.1, 0.15) is 0 Å². The maximum absolute atomic E-state index is 12.4. The Morgan fingerprint density at radius 1 is 1.30 bits per heavy atom. The minimum atomic E-state index is -0.0263. The Morgan fingerprint density at radius 3 is 2.65 bits per heavy atom. The smallest absolute Gasteiger partial charge is 0.266 e. The lowest BCUT2D eigenvalue weighted by Crippen LogP contribution is -2.23. The van der Waals surface area contributed by atoms with Gasteiger partial charge in [-0.25, -0.2) is 4.98 Å². The molecule has 0 radical (unpaired) electrons. The molecular weight excluding hydrogens is 326 g/mol. The van der Waals surface area contributed by atoms with E-state index in [4.69, 9.17) is 0 Å². The van der Waals surface area contributed by atoms with E-state index in [2.05, 4.69) is 29.0 Å². The van der Waals surface area contributed by atoms with E-state index in [1.165, 1.54) is 28.7 Å². The average molecular weight is 343 g/mol. The Bertz CT molecular complexity index is 790. The van der Waals surface area contributed by atoms with E-state index in [9.17, 15) is 4.79 Å². The highest BCUT2D eigenvalue weighted by atomic mass is 32.2. The lowest BCUT2D eigenvalue weighted by atomic mass is 10.1. The topological polar surface area (TPSA) is 45.6 Å². The quantitative estimate of drug-likeness (QED) is 0.783. The predicted molar refractivity (Wildman–Crippen MR) is 98.1 cm³/mol. The van der Waals surface area contributed by atoms with Gasteiger partial charge < -0.3 is 0 Å². The fraction of sp³-hybridized carbons (Fsp3) is 0.235. The summed E-state index contributed by atoms with van der Waals surface area (Å²) in [6, 6.07) is 8.26. The number of hydrogen-bond donors (Lipinski definition) is 0. The van der Waals surface area contributed by atoms with Crippen LogP contribution in [-0.4, -0.2) is 28.0 Å². The van der Waals surface area contributed by atoms with Gasteiger partial charge in [-0.1, -0.05) is 31.2 Å². The van der Waals surface area contributed by atoms with Crippen LogP contribution in [0, 0.1) is 6.92 Å².